The monoisotopic (exact) mass is 261 g/mol. The van der Waals surface area contributed by atoms with Crippen LogP contribution in [0.2, 0.25) is 0 Å². The van der Waals surface area contributed by atoms with Crippen LogP contribution in [-0.2, 0) is 20.0 Å². The lowest BCUT2D eigenvalue weighted by molar-refractivity contribution is 0.494. The van der Waals surface area contributed by atoms with Gasteiger partial charge in [-0.2, -0.15) is 0 Å². The van der Waals surface area contributed by atoms with Crippen LogP contribution in [0.4, 0.5) is 0 Å². The van der Waals surface area contributed by atoms with Gasteiger partial charge in [-0.1, -0.05) is 13.8 Å². The third kappa shape index (κ3) is 3.23. The molecule has 104 valence electrons. The van der Waals surface area contributed by atoms with Gasteiger partial charge in [0.1, 0.15) is 5.82 Å². The van der Waals surface area contributed by atoms with Crippen LogP contribution in [0.3, 0.4) is 0 Å². The summed E-state index contributed by atoms with van der Waals surface area (Å²) in [5, 5.41) is 3.52. The lowest BCUT2D eigenvalue weighted by atomic mass is 10.1. The summed E-state index contributed by atoms with van der Waals surface area (Å²) in [6.07, 6.45) is 9.74. The third-order valence-electron chi connectivity index (χ3n) is 3.31. The molecule has 0 aliphatic heterocycles. The topological polar surface area (TPSA) is 47.7 Å². The van der Waals surface area contributed by atoms with E-state index in [1.54, 1.807) is 0 Å². The fraction of sp³-hybridized carbons (Fsp3) is 0.571. The number of aromatic nitrogens is 4. The van der Waals surface area contributed by atoms with Crippen molar-refractivity contribution in [3.8, 4) is 0 Å². The van der Waals surface area contributed by atoms with Crippen molar-refractivity contribution in [1.82, 2.24) is 24.4 Å². The zero-order valence-electron chi connectivity index (χ0n) is 12.0. The van der Waals surface area contributed by atoms with E-state index in [1.807, 2.05) is 25.8 Å². The molecule has 2 aromatic heterocycles. The molecule has 5 nitrogen and oxygen atoms in total. The molecule has 0 fully saturated rings. The minimum atomic E-state index is 0.260. The molecule has 19 heavy (non-hydrogen) atoms. The van der Waals surface area contributed by atoms with Crippen LogP contribution >= 0.6 is 0 Å². The van der Waals surface area contributed by atoms with Crippen molar-refractivity contribution in [2.75, 3.05) is 6.54 Å². The Hall–Kier alpha value is -1.62. The molecule has 0 aliphatic rings. The largest absolute Gasteiger partial charge is 0.336 e. The van der Waals surface area contributed by atoms with Crippen molar-refractivity contribution in [2.24, 2.45) is 7.05 Å². The quantitative estimate of drug-likeness (QED) is 0.828. The predicted octanol–water partition coefficient (Wildman–Crippen LogP) is 1.92. The van der Waals surface area contributed by atoms with Crippen LogP contribution in [0, 0.1) is 0 Å². The van der Waals surface area contributed by atoms with Gasteiger partial charge in [-0.25, -0.2) is 9.97 Å². The number of hydrogen-bond donors (Lipinski definition) is 1. The van der Waals surface area contributed by atoms with E-state index in [0.29, 0.717) is 0 Å². The number of imidazole rings is 2. The van der Waals surface area contributed by atoms with Crippen molar-refractivity contribution in [2.45, 2.75) is 39.3 Å². The van der Waals surface area contributed by atoms with Gasteiger partial charge in [0, 0.05) is 38.6 Å². The Morgan fingerprint density at radius 2 is 2.21 bits per heavy atom. The highest BCUT2D eigenvalue weighted by Crippen LogP contribution is 2.17. The Balaban J connectivity index is 2.17. The Morgan fingerprint density at radius 1 is 1.37 bits per heavy atom. The van der Waals surface area contributed by atoms with Crippen molar-refractivity contribution >= 4 is 0 Å². The highest BCUT2D eigenvalue weighted by atomic mass is 15.1. The molecule has 1 atom stereocenters. The van der Waals surface area contributed by atoms with Gasteiger partial charge in [0.05, 0.1) is 18.1 Å². The molecule has 0 aromatic carbocycles. The van der Waals surface area contributed by atoms with Gasteiger partial charge < -0.3 is 14.5 Å². The van der Waals surface area contributed by atoms with E-state index in [0.717, 1.165) is 31.8 Å². The van der Waals surface area contributed by atoms with Gasteiger partial charge >= 0.3 is 0 Å². The zero-order chi connectivity index (χ0) is 13.7. The third-order valence-corrected chi connectivity index (χ3v) is 3.31. The van der Waals surface area contributed by atoms with Gasteiger partial charge in [-0.05, 0) is 13.0 Å². The first kappa shape index (κ1) is 13.8. The second kappa shape index (κ2) is 6.52. The SMILES string of the molecule is CCCn1ccnc1CC(NCC)c1cncn1C. The number of aryl methyl sites for hydroxylation is 2. The first-order valence-electron chi connectivity index (χ1n) is 6.95. The zero-order valence-corrected chi connectivity index (χ0v) is 12.0. The van der Waals surface area contributed by atoms with Crippen molar-refractivity contribution in [3.63, 3.8) is 0 Å². The van der Waals surface area contributed by atoms with Gasteiger partial charge in [-0.3, -0.25) is 0 Å². The average molecular weight is 261 g/mol. The summed E-state index contributed by atoms with van der Waals surface area (Å²) in [7, 11) is 2.03. The number of likely N-dealkylation sites (N-methyl/N-ethyl adjacent to an activating group) is 1. The normalized spacial score (nSPS) is 12.8. The molecule has 0 saturated carbocycles. The van der Waals surface area contributed by atoms with Crippen molar-refractivity contribution in [3.05, 3.63) is 36.4 Å². The molecule has 1 unspecified atom stereocenters. The summed E-state index contributed by atoms with van der Waals surface area (Å²) in [5.41, 5.74) is 1.20. The molecule has 1 N–H and O–H groups in total. The highest BCUT2D eigenvalue weighted by molar-refractivity contribution is 5.09. The van der Waals surface area contributed by atoms with E-state index in [9.17, 15) is 0 Å². The molecule has 0 bridgehead atoms. The molecule has 2 rings (SSSR count). The molecule has 5 heteroatoms. The van der Waals surface area contributed by atoms with E-state index in [1.165, 1.54) is 5.69 Å². The van der Waals surface area contributed by atoms with Crippen LogP contribution in [0.15, 0.2) is 24.9 Å². The molecule has 0 saturated heterocycles. The molecular weight excluding hydrogens is 238 g/mol. The van der Waals surface area contributed by atoms with E-state index in [4.69, 9.17) is 0 Å². The second-order valence-corrected chi connectivity index (χ2v) is 4.78. The van der Waals surface area contributed by atoms with Crippen LogP contribution in [0.5, 0.6) is 0 Å². The van der Waals surface area contributed by atoms with Gasteiger partial charge in [0.25, 0.3) is 0 Å². The van der Waals surface area contributed by atoms with E-state index >= 15 is 0 Å². The smallest absolute Gasteiger partial charge is 0.110 e. The van der Waals surface area contributed by atoms with Crippen LogP contribution in [-0.4, -0.2) is 25.6 Å². The Kier molecular flexibility index (Phi) is 4.74. The minimum absolute atomic E-state index is 0.260. The fourth-order valence-corrected chi connectivity index (χ4v) is 2.39. The number of nitrogens with one attached hydrogen (secondary N) is 1. The highest BCUT2D eigenvalue weighted by Gasteiger charge is 2.17. The van der Waals surface area contributed by atoms with Gasteiger partial charge in [-0.15, -0.1) is 0 Å². The van der Waals surface area contributed by atoms with Crippen LogP contribution < -0.4 is 5.32 Å². The summed E-state index contributed by atoms with van der Waals surface area (Å²) < 4.78 is 4.31. The van der Waals surface area contributed by atoms with E-state index in [2.05, 4.69) is 44.5 Å². The standard InChI is InChI=1S/C14H23N5/c1-4-7-19-8-6-17-14(19)9-12(16-5-2)13-10-15-11-18(13)3/h6,8,10-12,16H,4-5,7,9H2,1-3H3. The lowest BCUT2D eigenvalue weighted by Gasteiger charge is -2.18. The Bertz CT molecular complexity index is 499. The molecule has 0 radical (unpaired) electrons. The van der Waals surface area contributed by atoms with Gasteiger partial charge in [0.15, 0.2) is 0 Å². The Labute approximate surface area is 114 Å². The Morgan fingerprint density at radius 3 is 2.84 bits per heavy atom. The molecule has 0 amide bonds. The summed E-state index contributed by atoms with van der Waals surface area (Å²) in [4.78, 5) is 8.70. The maximum absolute atomic E-state index is 4.49. The van der Waals surface area contributed by atoms with E-state index in [-0.39, 0.29) is 6.04 Å². The lowest BCUT2D eigenvalue weighted by Crippen LogP contribution is -2.26. The summed E-state index contributed by atoms with van der Waals surface area (Å²) >= 11 is 0. The molecule has 2 heterocycles. The maximum atomic E-state index is 4.49. The maximum Gasteiger partial charge on any atom is 0.110 e. The van der Waals surface area contributed by atoms with Crippen LogP contribution in [0.1, 0.15) is 37.8 Å². The molecule has 2 aromatic rings. The summed E-state index contributed by atoms with van der Waals surface area (Å²) in [5.74, 6) is 1.13. The number of nitrogens with zero attached hydrogens (tertiary/aromatic N) is 4. The van der Waals surface area contributed by atoms with Crippen molar-refractivity contribution < 1.29 is 0 Å². The molecule has 0 spiro atoms. The van der Waals surface area contributed by atoms with Crippen molar-refractivity contribution in [1.29, 1.82) is 0 Å². The number of hydrogen-bond acceptors (Lipinski definition) is 3. The van der Waals surface area contributed by atoms with Gasteiger partial charge in [0.2, 0.25) is 0 Å². The van der Waals surface area contributed by atoms with Crippen LogP contribution in [0.25, 0.3) is 0 Å². The van der Waals surface area contributed by atoms with E-state index < -0.39 is 0 Å². The summed E-state index contributed by atoms with van der Waals surface area (Å²) in [6, 6.07) is 0.260. The average Bonchev–Trinajstić information content (AvgIpc) is 2.99. The fourth-order valence-electron chi connectivity index (χ4n) is 2.39. The minimum Gasteiger partial charge on any atom is -0.336 e. The number of rotatable bonds is 7. The summed E-state index contributed by atoms with van der Waals surface area (Å²) in [6.45, 7) is 6.28. The predicted molar refractivity (Wildman–Crippen MR) is 75.8 cm³/mol. The molecule has 0 aliphatic carbocycles. The second-order valence-electron chi connectivity index (χ2n) is 4.78. The first-order valence-corrected chi connectivity index (χ1v) is 6.95. The molecular formula is C14H23N5. The first-order chi connectivity index (χ1) is 9.26.